The Labute approximate surface area is 55.1 Å². The first-order chi connectivity index (χ1) is 4.33. The number of allylic oxidation sites excluding steroid dienone is 3. The van der Waals surface area contributed by atoms with Crippen molar-refractivity contribution in [2.75, 3.05) is 0 Å². The minimum Gasteiger partial charge on any atom is -0.516 e. The van der Waals surface area contributed by atoms with Crippen LogP contribution in [0.2, 0.25) is 0 Å². The van der Waals surface area contributed by atoms with Crippen molar-refractivity contribution in [3.8, 4) is 6.07 Å². The van der Waals surface area contributed by atoms with Gasteiger partial charge in [0, 0.05) is 6.08 Å². The van der Waals surface area contributed by atoms with Crippen LogP contribution in [0.4, 0.5) is 0 Å². The second-order valence-electron chi connectivity index (χ2n) is 0.910. The second-order valence-corrected chi connectivity index (χ2v) is 0.910. The summed E-state index contributed by atoms with van der Waals surface area (Å²) >= 11 is 0. The highest BCUT2D eigenvalue weighted by Gasteiger charge is 1.43. The monoisotopic (exact) mass is 123 g/mol. The third-order valence-corrected chi connectivity index (χ3v) is 0.313. The summed E-state index contributed by atoms with van der Waals surface area (Å²) in [5.74, 6) is 0. The van der Waals surface area contributed by atoms with Crippen LogP contribution in [-0.4, -0.2) is 5.11 Å². The van der Waals surface area contributed by atoms with Crippen LogP contribution < -0.4 is 0 Å². The number of hydrogen-bond acceptors (Lipinski definition) is 2. The third kappa shape index (κ3) is 58.1. The minimum absolute atomic E-state index is 0.938. The fourth-order valence-electron chi connectivity index (χ4n) is 0.0609. The van der Waals surface area contributed by atoms with Crippen LogP contribution in [0.5, 0.6) is 0 Å². The maximum absolute atomic E-state index is 7.81. The number of nitriles is 1. The normalized spacial score (nSPS) is 6.56. The molecule has 0 radical (unpaired) electrons. The SMILES string of the molecule is C=CC#N.C=CC=CO. The molecule has 2 nitrogen and oxygen atoms in total. The van der Waals surface area contributed by atoms with E-state index in [2.05, 4.69) is 13.2 Å². The largest absolute Gasteiger partial charge is 0.516 e. The van der Waals surface area contributed by atoms with Crippen LogP contribution in [-0.2, 0) is 0 Å². The summed E-state index contributed by atoms with van der Waals surface area (Å²) in [6.45, 7) is 6.42. The molecule has 0 bridgehead atoms. The van der Waals surface area contributed by atoms with E-state index in [1.54, 1.807) is 6.07 Å². The van der Waals surface area contributed by atoms with Gasteiger partial charge in [-0.1, -0.05) is 19.2 Å². The summed E-state index contributed by atoms with van der Waals surface area (Å²) in [5.41, 5.74) is 0. The Bertz CT molecular complexity index is 130. The zero-order chi connectivity index (χ0) is 7.54. The first kappa shape index (κ1) is 10.5. The molecule has 0 amide bonds. The molecule has 48 valence electrons. The molecule has 0 aliphatic heterocycles. The van der Waals surface area contributed by atoms with Gasteiger partial charge >= 0.3 is 0 Å². The molecule has 0 aliphatic carbocycles. The van der Waals surface area contributed by atoms with E-state index in [0.717, 1.165) is 6.26 Å². The first-order valence-electron chi connectivity index (χ1n) is 2.25. The molecule has 0 spiro atoms. The lowest BCUT2D eigenvalue weighted by Gasteiger charge is -1.58. The lowest BCUT2D eigenvalue weighted by atomic mass is 10.6. The highest BCUT2D eigenvalue weighted by molar-refractivity contribution is 4.93. The highest BCUT2D eigenvalue weighted by atomic mass is 16.2. The van der Waals surface area contributed by atoms with Gasteiger partial charge in [-0.25, -0.2) is 0 Å². The van der Waals surface area contributed by atoms with Crippen molar-refractivity contribution >= 4 is 0 Å². The molecule has 0 atom stereocenters. The molecule has 1 N–H and O–H groups in total. The van der Waals surface area contributed by atoms with Crippen LogP contribution in [0.25, 0.3) is 0 Å². The van der Waals surface area contributed by atoms with Gasteiger partial charge in [-0.05, 0) is 6.08 Å². The van der Waals surface area contributed by atoms with Gasteiger partial charge in [0.05, 0.1) is 12.3 Å². The van der Waals surface area contributed by atoms with Gasteiger partial charge in [-0.3, -0.25) is 0 Å². The van der Waals surface area contributed by atoms with E-state index in [9.17, 15) is 0 Å². The quantitative estimate of drug-likeness (QED) is 0.329. The number of hydrogen-bond donors (Lipinski definition) is 1. The number of nitrogens with zero attached hydrogens (tertiary/aromatic N) is 1. The molecule has 0 aliphatic rings. The molecular weight excluding hydrogens is 114 g/mol. The maximum Gasteiger partial charge on any atom is 0.0905 e. The summed E-state index contributed by atoms with van der Waals surface area (Å²) in [6.07, 6.45) is 5.06. The van der Waals surface area contributed by atoms with Gasteiger partial charge in [0.2, 0.25) is 0 Å². The van der Waals surface area contributed by atoms with E-state index in [-0.39, 0.29) is 0 Å². The Morgan fingerprint density at radius 2 is 1.89 bits per heavy atom. The van der Waals surface area contributed by atoms with Crippen molar-refractivity contribution in [2.24, 2.45) is 0 Å². The van der Waals surface area contributed by atoms with Gasteiger partial charge in [0.1, 0.15) is 0 Å². The lowest BCUT2D eigenvalue weighted by molar-refractivity contribution is 0.474. The van der Waals surface area contributed by atoms with E-state index < -0.39 is 0 Å². The zero-order valence-electron chi connectivity index (χ0n) is 5.12. The predicted octanol–water partition coefficient (Wildman–Crippen LogP) is 1.94. The topological polar surface area (TPSA) is 44.0 Å². The molecule has 0 aromatic carbocycles. The first-order valence-corrected chi connectivity index (χ1v) is 2.25. The molecule has 0 saturated carbocycles. The summed E-state index contributed by atoms with van der Waals surface area (Å²) in [7, 11) is 0. The summed E-state index contributed by atoms with van der Waals surface area (Å²) in [4.78, 5) is 0. The van der Waals surface area contributed by atoms with Crippen molar-refractivity contribution < 1.29 is 5.11 Å². The summed E-state index contributed by atoms with van der Waals surface area (Å²) in [5, 5.41) is 15.3. The van der Waals surface area contributed by atoms with Crippen LogP contribution in [0.1, 0.15) is 0 Å². The number of rotatable bonds is 1. The molecule has 0 heterocycles. The van der Waals surface area contributed by atoms with Crippen LogP contribution >= 0.6 is 0 Å². The standard InChI is InChI=1S/C4H6O.C3H3N/c1-2-3-4-5;1-2-3-4/h2-5H,1H2;2H,1H2. The van der Waals surface area contributed by atoms with Gasteiger partial charge in [-0.2, -0.15) is 5.26 Å². The van der Waals surface area contributed by atoms with Gasteiger partial charge < -0.3 is 5.11 Å². The molecule has 2 heteroatoms. The van der Waals surface area contributed by atoms with Crippen molar-refractivity contribution in [1.82, 2.24) is 0 Å². The Morgan fingerprint density at radius 3 is 1.89 bits per heavy atom. The summed E-state index contributed by atoms with van der Waals surface area (Å²) < 4.78 is 0. The highest BCUT2D eigenvalue weighted by Crippen LogP contribution is 1.61. The van der Waals surface area contributed by atoms with E-state index in [4.69, 9.17) is 10.4 Å². The molecule has 0 fully saturated rings. The average molecular weight is 123 g/mol. The lowest BCUT2D eigenvalue weighted by Crippen LogP contribution is -1.40. The fraction of sp³-hybridized carbons (Fsp3) is 0. The maximum atomic E-state index is 7.81. The number of aliphatic hydroxyl groups is 1. The van der Waals surface area contributed by atoms with E-state index >= 15 is 0 Å². The van der Waals surface area contributed by atoms with Gasteiger partial charge in [-0.15, -0.1) is 0 Å². The molecular formula is C7H9NO. The Morgan fingerprint density at radius 1 is 1.44 bits per heavy atom. The third-order valence-electron chi connectivity index (χ3n) is 0.313. The Balaban J connectivity index is 0. The van der Waals surface area contributed by atoms with E-state index in [1.807, 2.05) is 0 Å². The van der Waals surface area contributed by atoms with Gasteiger partial charge in [0.25, 0.3) is 0 Å². The molecule has 0 aromatic heterocycles. The van der Waals surface area contributed by atoms with Crippen molar-refractivity contribution in [3.63, 3.8) is 0 Å². The second kappa shape index (κ2) is 16.0. The van der Waals surface area contributed by atoms with Gasteiger partial charge in [0.15, 0.2) is 0 Å². The van der Waals surface area contributed by atoms with Crippen LogP contribution in [0.3, 0.4) is 0 Å². The Kier molecular flexibility index (Phi) is 18.7. The number of aliphatic hydroxyl groups excluding tert-OH is 1. The Hall–Kier alpha value is -1.49. The van der Waals surface area contributed by atoms with E-state index in [0.29, 0.717) is 0 Å². The van der Waals surface area contributed by atoms with Crippen molar-refractivity contribution in [1.29, 1.82) is 5.26 Å². The zero-order valence-corrected chi connectivity index (χ0v) is 5.12. The fourth-order valence-corrected chi connectivity index (χ4v) is 0.0609. The molecule has 0 unspecified atom stereocenters. The smallest absolute Gasteiger partial charge is 0.0905 e. The van der Waals surface area contributed by atoms with Crippen LogP contribution in [0.15, 0.2) is 37.6 Å². The molecule has 0 rings (SSSR count). The van der Waals surface area contributed by atoms with Crippen molar-refractivity contribution in [2.45, 2.75) is 0 Å². The van der Waals surface area contributed by atoms with Crippen molar-refractivity contribution in [3.05, 3.63) is 37.6 Å². The molecule has 0 saturated heterocycles. The predicted molar refractivity (Wildman–Crippen MR) is 37.8 cm³/mol. The summed E-state index contributed by atoms with van der Waals surface area (Å²) in [6, 6.07) is 1.69. The minimum atomic E-state index is 0.938. The molecule has 9 heavy (non-hydrogen) atoms. The average Bonchev–Trinajstić information content (AvgIpc) is 1.91. The van der Waals surface area contributed by atoms with E-state index in [1.165, 1.54) is 18.2 Å². The van der Waals surface area contributed by atoms with Crippen LogP contribution in [0, 0.1) is 11.3 Å². The molecule has 0 aromatic rings.